The van der Waals surface area contributed by atoms with Crippen molar-refractivity contribution in [1.82, 2.24) is 15.5 Å². The fourth-order valence-corrected chi connectivity index (χ4v) is 6.29. The Kier molecular flexibility index (Phi) is 10.4. The standard InChI is InChI=1S/C33H50N4O2/c1-23-16-24(2)35-22-39-21-29(23)19-34-33(38)31-17-28(27-14-12-26(13-15-27)20-36(4)5)18-32(25(31)3)37(6)30-10-8-7-9-11-30/h12-15,17-18,23-24,29-30,35H,7-11,16,19-22H2,1-6H3,(H,34,38). The largest absolute Gasteiger partial charge is 0.371 e. The summed E-state index contributed by atoms with van der Waals surface area (Å²) < 4.78 is 5.85. The van der Waals surface area contributed by atoms with Gasteiger partial charge in [-0.15, -0.1) is 0 Å². The van der Waals surface area contributed by atoms with E-state index < -0.39 is 0 Å². The summed E-state index contributed by atoms with van der Waals surface area (Å²) >= 11 is 0. The third-order valence-electron chi connectivity index (χ3n) is 8.83. The van der Waals surface area contributed by atoms with Gasteiger partial charge in [0.05, 0.1) is 13.3 Å². The molecule has 0 spiro atoms. The second-order valence-corrected chi connectivity index (χ2v) is 12.3. The van der Waals surface area contributed by atoms with E-state index in [1.807, 2.05) is 0 Å². The molecule has 3 atom stereocenters. The Morgan fingerprint density at radius 2 is 1.74 bits per heavy atom. The Morgan fingerprint density at radius 1 is 1.03 bits per heavy atom. The number of nitrogens with zero attached hydrogens (tertiary/aromatic N) is 2. The van der Waals surface area contributed by atoms with Crippen molar-refractivity contribution in [2.75, 3.05) is 45.9 Å². The molecule has 2 fully saturated rings. The van der Waals surface area contributed by atoms with E-state index in [0.717, 1.165) is 35.2 Å². The molecule has 1 saturated carbocycles. The molecular formula is C33H50N4O2. The van der Waals surface area contributed by atoms with Gasteiger partial charge >= 0.3 is 0 Å². The van der Waals surface area contributed by atoms with Gasteiger partial charge in [0.1, 0.15) is 0 Å². The van der Waals surface area contributed by atoms with E-state index in [4.69, 9.17) is 4.74 Å². The zero-order valence-corrected chi connectivity index (χ0v) is 25.1. The van der Waals surface area contributed by atoms with Crippen LogP contribution in [0.5, 0.6) is 0 Å². The molecule has 1 aliphatic heterocycles. The van der Waals surface area contributed by atoms with Crippen molar-refractivity contribution in [2.24, 2.45) is 11.8 Å². The predicted molar refractivity (Wildman–Crippen MR) is 162 cm³/mol. The van der Waals surface area contributed by atoms with Crippen LogP contribution >= 0.6 is 0 Å². The first-order valence-electron chi connectivity index (χ1n) is 14.9. The summed E-state index contributed by atoms with van der Waals surface area (Å²) in [7, 11) is 6.40. The lowest BCUT2D eigenvalue weighted by molar-refractivity contribution is 0.0394. The van der Waals surface area contributed by atoms with Crippen LogP contribution in [0, 0.1) is 18.8 Å². The first kappa shape index (κ1) is 29.6. The lowest BCUT2D eigenvalue weighted by Gasteiger charge is -2.35. The highest BCUT2D eigenvalue weighted by Gasteiger charge is 2.25. The summed E-state index contributed by atoms with van der Waals surface area (Å²) in [4.78, 5) is 18.4. The van der Waals surface area contributed by atoms with Crippen molar-refractivity contribution in [1.29, 1.82) is 0 Å². The van der Waals surface area contributed by atoms with Crippen LogP contribution in [0.15, 0.2) is 36.4 Å². The average molecular weight is 535 g/mol. The number of carbonyl (C=O) groups is 1. The van der Waals surface area contributed by atoms with Crippen molar-refractivity contribution in [3.8, 4) is 11.1 Å². The summed E-state index contributed by atoms with van der Waals surface area (Å²) in [5.74, 6) is 0.780. The first-order valence-corrected chi connectivity index (χ1v) is 14.9. The highest BCUT2D eigenvalue weighted by Crippen LogP contribution is 2.34. The van der Waals surface area contributed by atoms with Gasteiger partial charge in [-0.25, -0.2) is 0 Å². The normalized spacial score (nSPS) is 22.8. The zero-order chi connectivity index (χ0) is 27.9. The Labute approximate surface area is 236 Å². The number of benzene rings is 2. The molecule has 1 amide bonds. The number of anilines is 1. The molecule has 6 heteroatoms. The van der Waals surface area contributed by atoms with Gasteiger partial charge in [-0.2, -0.15) is 0 Å². The minimum Gasteiger partial charge on any atom is -0.371 e. The molecule has 1 saturated heterocycles. The molecule has 1 heterocycles. The fraction of sp³-hybridized carbons (Fsp3) is 0.606. The molecule has 39 heavy (non-hydrogen) atoms. The van der Waals surface area contributed by atoms with Gasteiger partial charge in [0.2, 0.25) is 0 Å². The van der Waals surface area contributed by atoms with Gasteiger partial charge in [0.25, 0.3) is 5.91 Å². The van der Waals surface area contributed by atoms with Crippen molar-refractivity contribution in [3.05, 3.63) is 53.1 Å². The van der Waals surface area contributed by atoms with Gasteiger partial charge in [0, 0.05) is 49.4 Å². The van der Waals surface area contributed by atoms with Gasteiger partial charge in [-0.1, -0.05) is 50.5 Å². The molecule has 2 aromatic rings. The number of carbonyl (C=O) groups excluding carboxylic acids is 1. The van der Waals surface area contributed by atoms with Crippen molar-refractivity contribution in [2.45, 2.75) is 77.9 Å². The van der Waals surface area contributed by atoms with Crippen LogP contribution in [0.3, 0.4) is 0 Å². The zero-order valence-electron chi connectivity index (χ0n) is 25.1. The molecule has 0 bridgehead atoms. The summed E-state index contributed by atoms with van der Waals surface area (Å²) in [6.07, 6.45) is 7.41. The minimum absolute atomic E-state index is 0.0114. The second kappa shape index (κ2) is 13.8. The van der Waals surface area contributed by atoms with E-state index in [9.17, 15) is 4.79 Å². The monoisotopic (exact) mass is 534 g/mol. The third-order valence-corrected chi connectivity index (χ3v) is 8.83. The maximum atomic E-state index is 13.8. The van der Waals surface area contributed by atoms with Crippen molar-refractivity contribution in [3.63, 3.8) is 0 Å². The molecule has 0 radical (unpaired) electrons. The summed E-state index contributed by atoms with van der Waals surface area (Å²) in [6, 6.07) is 14.1. The molecule has 4 rings (SSSR count). The van der Waals surface area contributed by atoms with Gasteiger partial charge in [0.15, 0.2) is 0 Å². The van der Waals surface area contributed by atoms with Crippen LogP contribution in [0.4, 0.5) is 5.69 Å². The van der Waals surface area contributed by atoms with E-state index >= 15 is 0 Å². The fourth-order valence-electron chi connectivity index (χ4n) is 6.29. The number of nitrogens with one attached hydrogen (secondary N) is 2. The quantitative estimate of drug-likeness (QED) is 0.446. The maximum absolute atomic E-state index is 13.8. The van der Waals surface area contributed by atoms with Crippen molar-refractivity contribution >= 4 is 11.6 Å². The number of hydrogen-bond donors (Lipinski definition) is 2. The van der Waals surface area contributed by atoms with Crippen LogP contribution in [-0.2, 0) is 11.3 Å². The van der Waals surface area contributed by atoms with Crippen LogP contribution in [0.1, 0.15) is 73.9 Å². The lowest BCUT2D eigenvalue weighted by atomic mass is 9.88. The van der Waals surface area contributed by atoms with E-state index in [0.29, 0.717) is 43.8 Å². The average Bonchev–Trinajstić information content (AvgIpc) is 2.92. The van der Waals surface area contributed by atoms with Crippen LogP contribution in [0.2, 0.25) is 0 Å². The number of amides is 1. The Bertz CT molecular complexity index is 1080. The van der Waals surface area contributed by atoms with Crippen molar-refractivity contribution < 1.29 is 9.53 Å². The third kappa shape index (κ3) is 7.84. The Morgan fingerprint density at radius 3 is 2.44 bits per heavy atom. The number of hydrogen-bond acceptors (Lipinski definition) is 5. The Balaban J connectivity index is 1.61. The Hall–Kier alpha value is -2.41. The van der Waals surface area contributed by atoms with Crippen LogP contribution in [0.25, 0.3) is 11.1 Å². The molecule has 214 valence electrons. The van der Waals surface area contributed by atoms with E-state index in [1.54, 1.807) is 0 Å². The highest BCUT2D eigenvalue weighted by molar-refractivity contribution is 5.99. The minimum atomic E-state index is 0.0114. The molecule has 6 nitrogen and oxygen atoms in total. The molecule has 2 N–H and O–H groups in total. The summed E-state index contributed by atoms with van der Waals surface area (Å²) in [5.41, 5.74) is 6.54. The first-order chi connectivity index (χ1) is 18.7. The lowest BCUT2D eigenvalue weighted by Crippen LogP contribution is -2.41. The highest BCUT2D eigenvalue weighted by atomic mass is 16.5. The smallest absolute Gasteiger partial charge is 0.251 e. The number of ether oxygens (including phenoxy) is 1. The molecule has 2 aliphatic rings. The summed E-state index contributed by atoms with van der Waals surface area (Å²) in [5, 5.41) is 6.69. The van der Waals surface area contributed by atoms with E-state index in [-0.39, 0.29) is 5.91 Å². The van der Waals surface area contributed by atoms with Gasteiger partial charge in [-0.05, 0) is 87.5 Å². The number of rotatable bonds is 8. The summed E-state index contributed by atoms with van der Waals surface area (Å²) in [6.45, 7) is 9.36. The van der Waals surface area contributed by atoms with E-state index in [1.165, 1.54) is 43.4 Å². The molecule has 2 aromatic carbocycles. The predicted octanol–water partition coefficient (Wildman–Crippen LogP) is 5.83. The van der Waals surface area contributed by atoms with Gasteiger partial charge < -0.3 is 19.9 Å². The second-order valence-electron chi connectivity index (χ2n) is 12.3. The molecule has 0 aromatic heterocycles. The molecular weight excluding hydrogens is 484 g/mol. The SMILES string of the molecule is Cc1c(C(=O)NCC2COCNC(C)CC2C)cc(-c2ccc(CN(C)C)cc2)cc1N(C)C1CCCCC1. The van der Waals surface area contributed by atoms with Gasteiger partial charge in [-0.3, -0.25) is 10.1 Å². The molecule has 3 unspecified atom stereocenters. The van der Waals surface area contributed by atoms with E-state index in [2.05, 4.69) is 98.7 Å². The topological polar surface area (TPSA) is 56.8 Å². The van der Waals surface area contributed by atoms with Crippen LogP contribution in [-0.4, -0.2) is 63.9 Å². The maximum Gasteiger partial charge on any atom is 0.251 e. The van der Waals surface area contributed by atoms with Crippen LogP contribution < -0.4 is 15.5 Å². The molecule has 1 aliphatic carbocycles.